The van der Waals surface area contributed by atoms with E-state index in [2.05, 4.69) is 29.4 Å². The third-order valence-corrected chi connectivity index (χ3v) is 4.74. The molecule has 2 rings (SSSR count). The largest absolute Gasteiger partial charge is 0.336 e. The smallest absolute Gasteiger partial charge is 0.319 e. The van der Waals surface area contributed by atoms with Crippen LogP contribution in [0, 0.1) is 5.92 Å². The first-order chi connectivity index (χ1) is 10.5. The highest BCUT2D eigenvalue weighted by Crippen LogP contribution is 2.25. The van der Waals surface area contributed by atoms with Crippen LogP contribution in [0.5, 0.6) is 0 Å². The van der Waals surface area contributed by atoms with Crippen molar-refractivity contribution in [3.8, 4) is 0 Å². The van der Waals surface area contributed by atoms with Crippen LogP contribution in [0.25, 0.3) is 0 Å². The maximum atomic E-state index is 12.0. The number of anilines is 1. The van der Waals surface area contributed by atoms with E-state index in [-0.39, 0.29) is 6.03 Å². The van der Waals surface area contributed by atoms with Gasteiger partial charge < -0.3 is 10.6 Å². The summed E-state index contributed by atoms with van der Waals surface area (Å²) in [6.07, 6.45) is 2.46. The molecule has 0 saturated carbocycles. The minimum absolute atomic E-state index is 0.263. The zero-order valence-corrected chi connectivity index (χ0v) is 14.5. The van der Waals surface area contributed by atoms with Gasteiger partial charge in [0.2, 0.25) is 0 Å². The topological polar surface area (TPSA) is 44.4 Å². The molecule has 0 aromatic heterocycles. The summed E-state index contributed by atoms with van der Waals surface area (Å²) in [4.78, 5) is 14.4. The molecular weight excluding hydrogens is 321 g/mol. The van der Waals surface area contributed by atoms with Gasteiger partial charge in [0.05, 0.1) is 10.7 Å². The number of halogens is 2. The van der Waals surface area contributed by atoms with E-state index < -0.39 is 0 Å². The van der Waals surface area contributed by atoms with Crippen molar-refractivity contribution in [1.82, 2.24) is 10.2 Å². The summed E-state index contributed by atoms with van der Waals surface area (Å²) in [7, 11) is 0. The van der Waals surface area contributed by atoms with Gasteiger partial charge in [-0.25, -0.2) is 4.79 Å². The van der Waals surface area contributed by atoms with Crippen molar-refractivity contribution in [1.29, 1.82) is 0 Å². The second-order valence-corrected chi connectivity index (χ2v) is 6.87. The van der Waals surface area contributed by atoms with E-state index in [1.165, 1.54) is 12.8 Å². The van der Waals surface area contributed by atoms with E-state index in [0.29, 0.717) is 28.3 Å². The maximum Gasteiger partial charge on any atom is 0.319 e. The Bertz CT molecular complexity index is 516. The summed E-state index contributed by atoms with van der Waals surface area (Å²) in [5, 5.41) is 6.63. The number of benzene rings is 1. The van der Waals surface area contributed by atoms with Crippen molar-refractivity contribution in [3.05, 3.63) is 28.2 Å². The molecule has 1 aliphatic rings. The van der Waals surface area contributed by atoms with Crippen LogP contribution in [0.1, 0.15) is 26.7 Å². The van der Waals surface area contributed by atoms with Gasteiger partial charge in [0.15, 0.2) is 0 Å². The van der Waals surface area contributed by atoms with Crippen molar-refractivity contribution >= 4 is 34.9 Å². The predicted octanol–water partition coefficient (Wildman–Crippen LogP) is 4.24. The highest BCUT2D eigenvalue weighted by molar-refractivity contribution is 6.35. The lowest BCUT2D eigenvalue weighted by Gasteiger charge is -2.35. The Balaban J connectivity index is 1.78. The van der Waals surface area contributed by atoms with Crippen molar-refractivity contribution in [2.75, 3.05) is 25.0 Å². The summed E-state index contributed by atoms with van der Waals surface area (Å²) < 4.78 is 0. The molecule has 1 unspecified atom stereocenters. The van der Waals surface area contributed by atoms with Gasteiger partial charge in [-0.1, -0.05) is 30.1 Å². The molecule has 1 heterocycles. The Kier molecular flexibility index (Phi) is 6.36. The quantitative estimate of drug-likeness (QED) is 0.858. The van der Waals surface area contributed by atoms with E-state index >= 15 is 0 Å². The standard InChI is InChI=1S/C16H23Cl2N3O/c1-11-5-7-21(8-6-11)12(2)10-19-16(22)20-15-9-13(17)3-4-14(15)18/h3-4,9,11-12H,5-8,10H2,1-2H3,(H2,19,20,22). The summed E-state index contributed by atoms with van der Waals surface area (Å²) >= 11 is 11.9. The van der Waals surface area contributed by atoms with Crippen molar-refractivity contribution in [2.45, 2.75) is 32.7 Å². The fourth-order valence-corrected chi connectivity index (χ4v) is 2.94. The summed E-state index contributed by atoms with van der Waals surface area (Å²) in [6, 6.07) is 5.05. The number of piperidine rings is 1. The Morgan fingerprint density at radius 1 is 1.36 bits per heavy atom. The third-order valence-electron chi connectivity index (χ3n) is 4.18. The van der Waals surface area contributed by atoms with Gasteiger partial charge in [0.25, 0.3) is 0 Å². The van der Waals surface area contributed by atoms with E-state index in [1.807, 2.05) is 0 Å². The SMILES string of the molecule is CC1CCN(C(C)CNC(=O)Nc2cc(Cl)ccc2Cl)CC1. The molecule has 122 valence electrons. The Labute approximate surface area is 142 Å². The molecule has 0 spiro atoms. The Hall–Kier alpha value is -0.970. The molecule has 1 aromatic rings. The molecule has 1 aliphatic heterocycles. The second-order valence-electron chi connectivity index (χ2n) is 6.03. The summed E-state index contributed by atoms with van der Waals surface area (Å²) in [5.74, 6) is 0.810. The molecule has 4 nitrogen and oxygen atoms in total. The van der Waals surface area contributed by atoms with Crippen molar-refractivity contribution in [3.63, 3.8) is 0 Å². The number of carbonyl (C=O) groups excluding carboxylic acids is 1. The normalized spacial score (nSPS) is 18.0. The zero-order valence-electron chi connectivity index (χ0n) is 13.0. The number of nitrogens with zero attached hydrogens (tertiary/aromatic N) is 1. The predicted molar refractivity (Wildman–Crippen MR) is 92.9 cm³/mol. The zero-order chi connectivity index (χ0) is 16.1. The van der Waals surface area contributed by atoms with Gasteiger partial charge in [-0.2, -0.15) is 0 Å². The summed E-state index contributed by atoms with van der Waals surface area (Å²) in [5.41, 5.74) is 0.520. The first-order valence-corrected chi connectivity index (χ1v) is 8.45. The number of carbonyl (C=O) groups is 1. The maximum absolute atomic E-state index is 12.0. The van der Waals surface area contributed by atoms with Crippen LogP contribution < -0.4 is 10.6 Å². The average Bonchev–Trinajstić information content (AvgIpc) is 2.49. The molecule has 0 bridgehead atoms. The van der Waals surface area contributed by atoms with Crippen LogP contribution in [-0.4, -0.2) is 36.6 Å². The third kappa shape index (κ3) is 5.04. The lowest BCUT2D eigenvalue weighted by Crippen LogP contribution is -2.46. The van der Waals surface area contributed by atoms with Crippen LogP contribution in [0.3, 0.4) is 0 Å². The lowest BCUT2D eigenvalue weighted by molar-refractivity contribution is 0.146. The highest BCUT2D eigenvalue weighted by Gasteiger charge is 2.20. The monoisotopic (exact) mass is 343 g/mol. The van der Waals surface area contributed by atoms with Gasteiger partial charge in [-0.05, 0) is 57.0 Å². The minimum Gasteiger partial charge on any atom is -0.336 e. The number of urea groups is 1. The minimum atomic E-state index is -0.263. The van der Waals surface area contributed by atoms with E-state index in [1.54, 1.807) is 18.2 Å². The molecule has 2 amide bonds. The van der Waals surface area contributed by atoms with Crippen LogP contribution in [0.4, 0.5) is 10.5 Å². The summed E-state index contributed by atoms with van der Waals surface area (Å²) in [6.45, 7) is 7.25. The molecule has 1 aromatic carbocycles. The second kappa shape index (κ2) is 8.04. The molecule has 22 heavy (non-hydrogen) atoms. The molecule has 1 saturated heterocycles. The number of rotatable bonds is 4. The molecule has 2 N–H and O–H groups in total. The number of nitrogens with one attached hydrogen (secondary N) is 2. The van der Waals surface area contributed by atoms with Gasteiger partial charge in [-0.3, -0.25) is 4.90 Å². The first-order valence-electron chi connectivity index (χ1n) is 7.69. The highest BCUT2D eigenvalue weighted by atomic mass is 35.5. The molecule has 0 radical (unpaired) electrons. The van der Waals surface area contributed by atoms with Gasteiger partial charge >= 0.3 is 6.03 Å². The van der Waals surface area contributed by atoms with Gasteiger partial charge in [0.1, 0.15) is 0 Å². The molecule has 1 fully saturated rings. The van der Waals surface area contributed by atoms with Crippen LogP contribution in [-0.2, 0) is 0 Å². The Morgan fingerprint density at radius 3 is 2.73 bits per heavy atom. The van der Waals surface area contributed by atoms with Gasteiger partial charge in [0, 0.05) is 17.6 Å². The van der Waals surface area contributed by atoms with Gasteiger partial charge in [-0.15, -0.1) is 0 Å². The molecule has 1 atom stereocenters. The number of amides is 2. The number of hydrogen-bond donors (Lipinski definition) is 2. The average molecular weight is 344 g/mol. The van der Waals surface area contributed by atoms with E-state index in [0.717, 1.165) is 19.0 Å². The fraction of sp³-hybridized carbons (Fsp3) is 0.562. The van der Waals surface area contributed by atoms with E-state index in [9.17, 15) is 4.79 Å². The molecule has 0 aliphatic carbocycles. The first kappa shape index (κ1) is 17.4. The number of likely N-dealkylation sites (tertiary alicyclic amines) is 1. The van der Waals surface area contributed by atoms with E-state index in [4.69, 9.17) is 23.2 Å². The van der Waals surface area contributed by atoms with Crippen molar-refractivity contribution in [2.24, 2.45) is 5.92 Å². The molecular formula is C16H23Cl2N3O. The van der Waals surface area contributed by atoms with Crippen molar-refractivity contribution < 1.29 is 4.79 Å². The Morgan fingerprint density at radius 2 is 2.05 bits per heavy atom. The number of hydrogen-bond acceptors (Lipinski definition) is 2. The van der Waals surface area contributed by atoms with Crippen LogP contribution in [0.15, 0.2) is 18.2 Å². The molecule has 6 heteroatoms. The fourth-order valence-electron chi connectivity index (χ4n) is 2.60. The van der Waals surface area contributed by atoms with Crippen LogP contribution >= 0.6 is 23.2 Å². The van der Waals surface area contributed by atoms with Crippen LogP contribution in [0.2, 0.25) is 10.0 Å². The lowest BCUT2D eigenvalue weighted by atomic mass is 9.98.